The second-order valence-corrected chi connectivity index (χ2v) is 3.93. The minimum Gasteiger partial charge on any atom is -1.00 e. The lowest BCUT2D eigenvalue weighted by Gasteiger charge is -2.20. The van der Waals surface area contributed by atoms with E-state index in [1.165, 1.54) is 0 Å². The van der Waals surface area contributed by atoms with Gasteiger partial charge in [0.2, 0.25) is 0 Å². The number of halogens is 1. The highest BCUT2D eigenvalue weighted by Gasteiger charge is 2.27. The number of rotatable bonds is 3. The van der Waals surface area contributed by atoms with Crippen molar-refractivity contribution in [3.05, 3.63) is 35.4 Å². The molecule has 0 radical (unpaired) electrons. The summed E-state index contributed by atoms with van der Waals surface area (Å²) in [6, 6.07) is 7.27. The molecule has 2 N–H and O–H groups in total. The molecule has 0 fully saturated rings. The van der Waals surface area contributed by atoms with Crippen LogP contribution in [0.3, 0.4) is 0 Å². The van der Waals surface area contributed by atoms with Gasteiger partial charge < -0.3 is 17.6 Å². The third-order valence-electron chi connectivity index (χ3n) is 2.16. The molecule has 0 aliphatic heterocycles. The number of carbonyl (C=O) groups excluding carboxylic acids is 1. The Hall–Kier alpha value is -0.900. The van der Waals surface area contributed by atoms with Crippen molar-refractivity contribution in [3.8, 4) is 0 Å². The Kier molecular flexibility index (Phi) is 4.94. The predicted molar refractivity (Wildman–Crippen MR) is 54.5 cm³/mol. The molecular weight excluding hydrogens is 214 g/mol. The summed E-state index contributed by atoms with van der Waals surface area (Å²) in [5.41, 5.74) is 2.78. The monoisotopic (exact) mass is 228 g/mol. The fourth-order valence-electron chi connectivity index (χ4n) is 1.12. The van der Waals surface area contributed by atoms with Crippen LogP contribution in [-0.2, 0) is 0 Å². The molecule has 0 unspecified atom stereocenters. The van der Waals surface area contributed by atoms with Crippen LogP contribution in [0.1, 0.15) is 29.8 Å². The van der Waals surface area contributed by atoms with Gasteiger partial charge >= 0.3 is 0 Å². The van der Waals surface area contributed by atoms with E-state index in [1.807, 2.05) is 24.5 Å². The second kappa shape index (κ2) is 5.26. The largest absolute Gasteiger partial charge is 1.00 e. The molecule has 84 valence electrons. The molecule has 0 aliphatic rings. The lowest BCUT2D eigenvalue weighted by molar-refractivity contribution is -0.0000144. The molecule has 0 atom stereocenters. The van der Waals surface area contributed by atoms with E-state index in [4.69, 9.17) is 5.21 Å². The van der Waals surface area contributed by atoms with E-state index < -0.39 is 5.54 Å². The maximum Gasteiger partial charge on any atom is 0.184 e. The molecule has 0 saturated heterocycles. The van der Waals surface area contributed by atoms with Gasteiger partial charge in [0.05, 0.1) is 0 Å². The maximum absolute atomic E-state index is 11.8. The Morgan fingerprint density at radius 3 is 2.13 bits per heavy atom. The summed E-state index contributed by atoms with van der Waals surface area (Å²) in [7, 11) is 0. The number of hydroxylamine groups is 1. The van der Waals surface area contributed by atoms with Gasteiger partial charge in [0.15, 0.2) is 5.78 Å². The Morgan fingerprint density at radius 2 is 1.73 bits per heavy atom. The third kappa shape index (κ3) is 3.30. The van der Waals surface area contributed by atoms with Gasteiger partial charge in [0.1, 0.15) is 5.54 Å². The van der Waals surface area contributed by atoms with E-state index in [0.29, 0.717) is 5.56 Å². The van der Waals surface area contributed by atoms with Crippen molar-refractivity contribution in [2.45, 2.75) is 26.3 Å². The Balaban J connectivity index is 0.00000196. The summed E-state index contributed by atoms with van der Waals surface area (Å²) in [5, 5.41) is 8.81. The first-order chi connectivity index (χ1) is 6.47. The number of nitrogens with one attached hydrogen (secondary N) is 1. The first kappa shape index (κ1) is 14.1. The average molecular weight is 229 g/mol. The van der Waals surface area contributed by atoms with Crippen molar-refractivity contribution in [1.82, 2.24) is 5.48 Å². The standard InChI is InChI=1S/C11H15NO2.ClH/c1-8-4-6-9(7-5-8)10(13)11(2,3)12-14;/h4-7,12,14H,1-3H3;1H/p-1. The minimum absolute atomic E-state index is 0. The number of Topliss-reactive ketones (excluding diaryl/α,β-unsaturated/α-hetero) is 1. The molecule has 0 saturated carbocycles. The van der Waals surface area contributed by atoms with Gasteiger partial charge in [-0.05, 0) is 20.8 Å². The number of hydrogen-bond donors (Lipinski definition) is 2. The second-order valence-electron chi connectivity index (χ2n) is 3.93. The quantitative estimate of drug-likeness (QED) is 0.512. The van der Waals surface area contributed by atoms with E-state index in [-0.39, 0.29) is 18.2 Å². The van der Waals surface area contributed by atoms with Gasteiger partial charge in [-0.15, -0.1) is 0 Å². The van der Waals surface area contributed by atoms with Crippen molar-refractivity contribution in [2.24, 2.45) is 0 Å². The fourth-order valence-corrected chi connectivity index (χ4v) is 1.12. The summed E-state index contributed by atoms with van der Waals surface area (Å²) >= 11 is 0. The lowest BCUT2D eigenvalue weighted by Crippen LogP contribution is -3.00. The van der Waals surface area contributed by atoms with Gasteiger partial charge in [0.25, 0.3) is 0 Å². The zero-order chi connectivity index (χ0) is 10.8. The van der Waals surface area contributed by atoms with Crippen LogP contribution in [0, 0.1) is 6.92 Å². The summed E-state index contributed by atoms with van der Waals surface area (Å²) in [5.74, 6) is -0.125. The SMILES string of the molecule is Cc1ccc(C(=O)C(C)(C)NO)cc1.[Cl-]. The molecule has 0 aliphatic carbocycles. The van der Waals surface area contributed by atoms with Crippen LogP contribution in [0.25, 0.3) is 0 Å². The number of ketones is 1. The van der Waals surface area contributed by atoms with E-state index in [0.717, 1.165) is 5.56 Å². The molecule has 1 rings (SSSR count). The van der Waals surface area contributed by atoms with Gasteiger partial charge in [-0.2, -0.15) is 5.48 Å². The molecule has 3 nitrogen and oxygen atoms in total. The Bertz CT molecular complexity index is 333. The lowest BCUT2D eigenvalue weighted by atomic mass is 9.94. The zero-order valence-corrected chi connectivity index (χ0v) is 9.80. The maximum atomic E-state index is 11.8. The average Bonchev–Trinajstić information content (AvgIpc) is 2.18. The van der Waals surface area contributed by atoms with E-state index in [1.54, 1.807) is 26.0 Å². The van der Waals surface area contributed by atoms with Crippen LogP contribution in [0.2, 0.25) is 0 Å². The zero-order valence-electron chi connectivity index (χ0n) is 9.04. The van der Waals surface area contributed by atoms with Crippen molar-refractivity contribution in [2.75, 3.05) is 0 Å². The number of hydrogen-bond acceptors (Lipinski definition) is 3. The number of carbonyl (C=O) groups is 1. The molecular formula is C11H15ClNO2-. The number of aryl methyl sites for hydroxylation is 1. The van der Waals surface area contributed by atoms with Crippen molar-refractivity contribution < 1.29 is 22.4 Å². The van der Waals surface area contributed by atoms with Crippen LogP contribution in [-0.4, -0.2) is 16.5 Å². The Morgan fingerprint density at radius 1 is 1.27 bits per heavy atom. The molecule has 4 heteroatoms. The van der Waals surface area contributed by atoms with Crippen LogP contribution in [0.5, 0.6) is 0 Å². The number of benzene rings is 1. The highest BCUT2D eigenvalue weighted by atomic mass is 35.5. The van der Waals surface area contributed by atoms with Gasteiger partial charge in [0, 0.05) is 5.56 Å². The van der Waals surface area contributed by atoms with Gasteiger partial charge in [-0.1, -0.05) is 29.8 Å². The van der Waals surface area contributed by atoms with Crippen LogP contribution in [0.15, 0.2) is 24.3 Å². The van der Waals surface area contributed by atoms with Crippen molar-refractivity contribution in [3.63, 3.8) is 0 Å². The molecule has 0 aromatic heterocycles. The van der Waals surface area contributed by atoms with Gasteiger partial charge in [-0.3, -0.25) is 4.79 Å². The van der Waals surface area contributed by atoms with Gasteiger partial charge in [-0.25, -0.2) is 0 Å². The molecule has 0 amide bonds. The van der Waals surface area contributed by atoms with Crippen molar-refractivity contribution >= 4 is 5.78 Å². The summed E-state index contributed by atoms with van der Waals surface area (Å²) in [6.07, 6.45) is 0. The van der Waals surface area contributed by atoms with E-state index in [9.17, 15) is 4.79 Å². The van der Waals surface area contributed by atoms with Crippen LogP contribution >= 0.6 is 0 Å². The molecule has 15 heavy (non-hydrogen) atoms. The normalized spacial score (nSPS) is 10.7. The molecule has 0 bridgehead atoms. The first-order valence-corrected chi connectivity index (χ1v) is 4.50. The summed E-state index contributed by atoms with van der Waals surface area (Å²) < 4.78 is 0. The van der Waals surface area contributed by atoms with E-state index in [2.05, 4.69) is 0 Å². The summed E-state index contributed by atoms with van der Waals surface area (Å²) in [6.45, 7) is 5.23. The molecule has 1 aromatic rings. The van der Waals surface area contributed by atoms with Crippen LogP contribution in [0.4, 0.5) is 0 Å². The highest BCUT2D eigenvalue weighted by Crippen LogP contribution is 2.12. The third-order valence-corrected chi connectivity index (χ3v) is 2.16. The topological polar surface area (TPSA) is 49.3 Å². The summed E-state index contributed by atoms with van der Waals surface area (Å²) in [4.78, 5) is 11.8. The predicted octanol–water partition coefficient (Wildman–Crippen LogP) is -1.06. The molecule has 1 aromatic carbocycles. The smallest absolute Gasteiger partial charge is 0.184 e. The molecule has 0 spiro atoms. The highest BCUT2D eigenvalue weighted by molar-refractivity contribution is 6.02. The molecule has 0 heterocycles. The Labute approximate surface area is 95.9 Å². The van der Waals surface area contributed by atoms with Crippen molar-refractivity contribution in [1.29, 1.82) is 0 Å². The fraction of sp³-hybridized carbons (Fsp3) is 0.364. The minimum atomic E-state index is -0.935. The van der Waals surface area contributed by atoms with Crippen LogP contribution < -0.4 is 17.9 Å². The van der Waals surface area contributed by atoms with E-state index >= 15 is 0 Å². The first-order valence-electron chi connectivity index (χ1n) is 4.50.